The molecule has 0 radical (unpaired) electrons. The van der Waals surface area contributed by atoms with Crippen LogP contribution in [-0.4, -0.2) is 167 Å². The highest BCUT2D eigenvalue weighted by atomic mass is 19.1. The summed E-state index contributed by atoms with van der Waals surface area (Å²) in [5.41, 5.74) is 1.01. The number of piperidine rings is 1. The summed E-state index contributed by atoms with van der Waals surface area (Å²) < 4.78 is 20.9. The number of nitrogens with zero attached hydrogens (tertiary/aromatic N) is 8. The summed E-state index contributed by atoms with van der Waals surface area (Å²) in [6.07, 6.45) is 4.17. The van der Waals surface area contributed by atoms with Crippen LogP contribution in [0.15, 0.2) is 76.5 Å². The molecule has 4 saturated heterocycles. The van der Waals surface area contributed by atoms with Crippen LogP contribution in [0.4, 0.5) is 10.3 Å². The number of aromatic amines is 1. The van der Waals surface area contributed by atoms with Crippen molar-refractivity contribution in [1.82, 2.24) is 39.6 Å². The van der Waals surface area contributed by atoms with Gasteiger partial charge >= 0.3 is 0 Å². The molecule has 5 amide bonds. The fourth-order valence-electron chi connectivity index (χ4n) is 9.08. The van der Waals surface area contributed by atoms with Gasteiger partial charge in [-0.05, 0) is 54.7 Å². The van der Waals surface area contributed by atoms with Gasteiger partial charge in [0.2, 0.25) is 29.5 Å². The smallest absolute Gasteiger partial charge is 0.272 e. The van der Waals surface area contributed by atoms with Gasteiger partial charge < -0.3 is 28.9 Å². The van der Waals surface area contributed by atoms with Crippen molar-refractivity contribution in [2.24, 2.45) is 5.92 Å². The van der Waals surface area contributed by atoms with E-state index in [1.165, 1.54) is 21.9 Å². The van der Waals surface area contributed by atoms with Crippen LogP contribution in [0.3, 0.4) is 0 Å². The van der Waals surface area contributed by atoms with E-state index in [2.05, 4.69) is 26.6 Å². The minimum absolute atomic E-state index is 0.0246. The van der Waals surface area contributed by atoms with E-state index in [4.69, 9.17) is 4.42 Å². The predicted molar refractivity (Wildman–Crippen MR) is 232 cm³/mol. The van der Waals surface area contributed by atoms with E-state index < -0.39 is 11.7 Å². The average Bonchev–Trinajstić information content (AvgIpc) is 3.79. The SMILES string of the molecule is C=CC(=O)N1CCN(c2ccc(CCC(=O)N3CCC(CN4CCN(CC(=O)N5CCN(C(=O)c6cc(Cc7n[nH]c(=O)c8ccccc78)ccc6F)CC5)CC4)CC3)o2)C(=O)C1. The first-order valence-electron chi connectivity index (χ1n) is 21.9. The number of carbonyl (C=O) groups excluding carboxylic acids is 5. The Bertz CT molecular complexity index is 2410. The van der Waals surface area contributed by atoms with Crippen molar-refractivity contribution in [2.75, 3.05) is 103 Å². The molecule has 63 heavy (non-hydrogen) atoms. The van der Waals surface area contributed by atoms with Gasteiger partial charge in [-0.3, -0.25) is 38.6 Å². The number of piperazine rings is 3. The van der Waals surface area contributed by atoms with Crippen molar-refractivity contribution in [3.63, 3.8) is 0 Å². The standard InChI is InChI=1S/C46H54FN9O7/c1-2-40(57)55-25-26-56(43(60)31-55)44-12-9-34(63-44)8-11-41(58)52-15-13-32(14-16-52)29-50-17-19-51(20-18-50)30-42(59)53-21-23-54(24-22-53)46(62)37-27-33(7-10-38(37)47)28-39-35-5-3-4-6-36(35)45(61)49-48-39/h2-7,9-10,12,27,32H,1,8,11,13-26,28-31H2,(H,49,61). The van der Waals surface area contributed by atoms with Gasteiger partial charge in [-0.25, -0.2) is 9.49 Å². The number of fused-ring (bicyclic) bond motifs is 1. The Morgan fingerprint density at radius 3 is 2.19 bits per heavy atom. The summed E-state index contributed by atoms with van der Waals surface area (Å²) in [4.78, 5) is 89.6. The van der Waals surface area contributed by atoms with Crippen LogP contribution >= 0.6 is 0 Å². The van der Waals surface area contributed by atoms with Crippen LogP contribution in [0.2, 0.25) is 0 Å². The summed E-state index contributed by atoms with van der Waals surface area (Å²) in [6, 6.07) is 15.2. The van der Waals surface area contributed by atoms with Gasteiger partial charge in [0.1, 0.15) is 18.1 Å². The van der Waals surface area contributed by atoms with Crippen LogP contribution in [0.5, 0.6) is 0 Å². The summed E-state index contributed by atoms with van der Waals surface area (Å²) >= 11 is 0. The van der Waals surface area contributed by atoms with E-state index in [9.17, 15) is 28.8 Å². The van der Waals surface area contributed by atoms with Crippen molar-refractivity contribution in [3.8, 4) is 0 Å². The zero-order chi connectivity index (χ0) is 44.0. The number of likely N-dealkylation sites (tertiary alicyclic amines) is 1. The molecule has 2 aromatic carbocycles. The first-order valence-corrected chi connectivity index (χ1v) is 21.9. The van der Waals surface area contributed by atoms with Gasteiger partial charge in [-0.2, -0.15) is 5.10 Å². The molecule has 8 rings (SSSR count). The van der Waals surface area contributed by atoms with Gasteiger partial charge in [0.25, 0.3) is 11.5 Å². The molecule has 6 heterocycles. The van der Waals surface area contributed by atoms with Crippen molar-refractivity contribution in [3.05, 3.63) is 106 Å². The second kappa shape index (κ2) is 19.5. The third kappa shape index (κ3) is 10.2. The summed E-state index contributed by atoms with van der Waals surface area (Å²) in [6.45, 7) is 11.6. The third-order valence-electron chi connectivity index (χ3n) is 12.8. The molecule has 0 spiro atoms. The maximum atomic E-state index is 15.0. The van der Waals surface area contributed by atoms with E-state index in [1.807, 2.05) is 17.0 Å². The zero-order valence-corrected chi connectivity index (χ0v) is 35.5. The van der Waals surface area contributed by atoms with Gasteiger partial charge in [0.15, 0.2) is 0 Å². The number of nitrogens with one attached hydrogen (secondary N) is 1. The lowest BCUT2D eigenvalue weighted by Crippen LogP contribution is -2.55. The number of amides is 5. The van der Waals surface area contributed by atoms with E-state index in [0.29, 0.717) is 105 Å². The number of halogens is 1. The van der Waals surface area contributed by atoms with E-state index in [1.54, 1.807) is 46.2 Å². The normalized spacial score (nSPS) is 18.3. The fourth-order valence-corrected chi connectivity index (χ4v) is 9.08. The number of carbonyl (C=O) groups is 5. The van der Waals surface area contributed by atoms with Crippen LogP contribution in [-0.2, 0) is 32.0 Å². The minimum atomic E-state index is -0.609. The lowest BCUT2D eigenvalue weighted by Gasteiger charge is -2.40. The Kier molecular flexibility index (Phi) is 13.4. The molecule has 2 aromatic heterocycles. The van der Waals surface area contributed by atoms with Crippen molar-refractivity contribution in [1.29, 1.82) is 0 Å². The topological polar surface area (TPSA) is 167 Å². The third-order valence-corrected chi connectivity index (χ3v) is 12.8. The zero-order valence-electron chi connectivity index (χ0n) is 35.5. The van der Waals surface area contributed by atoms with Crippen molar-refractivity contribution < 1.29 is 32.8 Å². The number of aryl methyl sites for hydroxylation is 1. The number of H-pyrrole nitrogens is 1. The molecule has 0 saturated carbocycles. The monoisotopic (exact) mass is 863 g/mol. The summed E-state index contributed by atoms with van der Waals surface area (Å²) in [7, 11) is 0. The van der Waals surface area contributed by atoms with Crippen LogP contribution < -0.4 is 10.5 Å². The largest absolute Gasteiger partial charge is 0.445 e. The first kappa shape index (κ1) is 43.4. The molecule has 332 valence electrons. The molecule has 16 nitrogen and oxygen atoms in total. The average molecular weight is 864 g/mol. The lowest BCUT2D eigenvalue weighted by atomic mass is 9.95. The number of hydrogen-bond acceptors (Lipinski definition) is 10. The fraction of sp³-hybridized carbons (Fsp3) is 0.457. The van der Waals surface area contributed by atoms with Crippen LogP contribution in [0.1, 0.15) is 46.6 Å². The van der Waals surface area contributed by atoms with E-state index >= 15 is 4.39 Å². The van der Waals surface area contributed by atoms with Crippen LogP contribution in [0, 0.1) is 11.7 Å². The number of rotatable bonds is 12. The molecule has 0 unspecified atom stereocenters. The Morgan fingerprint density at radius 1 is 0.778 bits per heavy atom. The molecule has 0 bridgehead atoms. The summed E-state index contributed by atoms with van der Waals surface area (Å²) in [5.74, 6) is 0.176. The summed E-state index contributed by atoms with van der Waals surface area (Å²) in [5, 5.41) is 7.96. The van der Waals surface area contributed by atoms with Gasteiger partial charge in [-0.1, -0.05) is 30.8 Å². The molecule has 4 aliphatic rings. The number of aromatic nitrogens is 2. The highest BCUT2D eigenvalue weighted by Gasteiger charge is 2.31. The molecular formula is C46H54FN9O7. The number of hydrogen-bond donors (Lipinski definition) is 1. The van der Waals surface area contributed by atoms with E-state index in [0.717, 1.165) is 58.7 Å². The Morgan fingerprint density at radius 2 is 1.46 bits per heavy atom. The number of furan rings is 1. The Balaban J connectivity index is 0.718. The highest BCUT2D eigenvalue weighted by molar-refractivity contribution is 5.99. The Labute approximate surface area is 364 Å². The predicted octanol–water partition coefficient (Wildman–Crippen LogP) is 2.38. The minimum Gasteiger partial charge on any atom is -0.445 e. The van der Waals surface area contributed by atoms with Gasteiger partial charge in [-0.15, -0.1) is 0 Å². The highest BCUT2D eigenvalue weighted by Crippen LogP contribution is 2.25. The molecule has 1 N–H and O–H groups in total. The molecule has 0 atom stereocenters. The molecular weight excluding hydrogens is 810 g/mol. The van der Waals surface area contributed by atoms with Gasteiger partial charge in [0, 0.05) is 116 Å². The lowest BCUT2D eigenvalue weighted by molar-refractivity contribution is -0.135. The number of benzene rings is 2. The maximum Gasteiger partial charge on any atom is 0.272 e. The number of anilines is 1. The van der Waals surface area contributed by atoms with Gasteiger partial charge in [0.05, 0.1) is 23.2 Å². The second-order valence-corrected chi connectivity index (χ2v) is 16.9. The van der Waals surface area contributed by atoms with Crippen molar-refractivity contribution in [2.45, 2.75) is 32.1 Å². The van der Waals surface area contributed by atoms with Crippen molar-refractivity contribution >= 4 is 46.2 Å². The molecule has 4 aliphatic heterocycles. The van der Waals surface area contributed by atoms with E-state index in [-0.39, 0.29) is 41.3 Å². The molecule has 17 heteroatoms. The molecule has 4 aromatic rings. The van der Waals surface area contributed by atoms with Crippen LogP contribution in [0.25, 0.3) is 10.8 Å². The Hall–Kier alpha value is -6.20. The second-order valence-electron chi connectivity index (χ2n) is 16.9. The molecule has 0 aliphatic carbocycles. The quantitative estimate of drug-likeness (QED) is 0.209. The molecule has 4 fully saturated rings. The first-order chi connectivity index (χ1) is 30.5. The maximum absolute atomic E-state index is 15.0.